The number of ether oxygens (including phenoxy) is 2. The third-order valence-corrected chi connectivity index (χ3v) is 5.84. The van der Waals surface area contributed by atoms with Gasteiger partial charge in [0.05, 0.1) is 18.6 Å². The Bertz CT molecular complexity index is 1120. The summed E-state index contributed by atoms with van der Waals surface area (Å²) in [5.74, 6) is 2.43. The van der Waals surface area contributed by atoms with E-state index in [1.165, 1.54) is 12.1 Å². The van der Waals surface area contributed by atoms with Gasteiger partial charge in [-0.1, -0.05) is 0 Å². The van der Waals surface area contributed by atoms with Crippen molar-refractivity contribution in [2.45, 2.75) is 18.7 Å². The Kier molecular flexibility index (Phi) is 7.85. The average Bonchev–Trinajstić information content (AvgIpc) is 2.78. The largest absolute Gasteiger partial charge is 0.497 e. The number of aromatic nitrogens is 2. The fourth-order valence-corrected chi connectivity index (χ4v) is 3.89. The lowest BCUT2D eigenvalue weighted by molar-refractivity contribution is 0.340. The molecule has 10 heteroatoms. The van der Waals surface area contributed by atoms with Crippen molar-refractivity contribution in [1.29, 1.82) is 0 Å². The smallest absolute Gasteiger partial charge is 0.240 e. The van der Waals surface area contributed by atoms with Crippen molar-refractivity contribution in [3.63, 3.8) is 0 Å². The van der Waals surface area contributed by atoms with E-state index in [9.17, 15) is 8.42 Å². The minimum atomic E-state index is -3.62. The summed E-state index contributed by atoms with van der Waals surface area (Å²) >= 11 is 0. The van der Waals surface area contributed by atoms with Crippen LogP contribution in [0.25, 0.3) is 0 Å². The molecule has 0 aliphatic carbocycles. The van der Waals surface area contributed by atoms with E-state index in [2.05, 4.69) is 25.3 Å². The second-order valence-corrected chi connectivity index (χ2v) is 8.57. The first-order valence-electron chi connectivity index (χ1n) is 10.1. The highest BCUT2D eigenvalue weighted by Crippen LogP contribution is 2.20. The molecular weight excluding hydrogens is 430 g/mol. The molecule has 0 radical (unpaired) electrons. The molecule has 0 amide bonds. The van der Waals surface area contributed by atoms with Gasteiger partial charge in [-0.25, -0.2) is 18.1 Å². The average molecular weight is 458 g/mol. The van der Waals surface area contributed by atoms with Crippen molar-refractivity contribution in [1.82, 2.24) is 14.7 Å². The summed E-state index contributed by atoms with van der Waals surface area (Å²) in [5, 5.41) is 6.27. The standard InChI is InChI=1S/C22H27N5O4S/c1-4-31-19-9-11-20(12-10-19)32(28,29)24-14-13-23-22-25-16(2)15-21(27-22)26-17-5-7-18(30-3)8-6-17/h5-12,15,24H,4,13-14H2,1-3H3,(H2,23,25,26,27). The zero-order valence-corrected chi connectivity index (χ0v) is 19.1. The van der Waals surface area contributed by atoms with Crippen LogP contribution in [0.5, 0.6) is 11.5 Å². The molecule has 0 atom stereocenters. The Morgan fingerprint density at radius 3 is 2.28 bits per heavy atom. The van der Waals surface area contributed by atoms with Crippen molar-refractivity contribution in [3.05, 3.63) is 60.3 Å². The summed E-state index contributed by atoms with van der Waals surface area (Å²) in [7, 11) is -2.00. The third-order valence-electron chi connectivity index (χ3n) is 4.36. The van der Waals surface area contributed by atoms with Gasteiger partial charge in [-0.05, 0) is 62.4 Å². The molecule has 1 heterocycles. The van der Waals surface area contributed by atoms with E-state index in [0.717, 1.165) is 17.1 Å². The van der Waals surface area contributed by atoms with Crippen LogP contribution >= 0.6 is 0 Å². The number of hydrogen-bond donors (Lipinski definition) is 3. The van der Waals surface area contributed by atoms with Crippen LogP contribution in [0, 0.1) is 6.92 Å². The molecule has 1 aromatic heterocycles. The molecule has 0 aliphatic heterocycles. The second kappa shape index (κ2) is 10.8. The van der Waals surface area contributed by atoms with Crippen LogP contribution < -0.4 is 24.8 Å². The van der Waals surface area contributed by atoms with Gasteiger partial charge in [0.2, 0.25) is 16.0 Å². The van der Waals surface area contributed by atoms with Gasteiger partial charge >= 0.3 is 0 Å². The van der Waals surface area contributed by atoms with E-state index in [0.29, 0.717) is 30.7 Å². The summed E-state index contributed by atoms with van der Waals surface area (Å²) in [6, 6.07) is 15.6. The van der Waals surface area contributed by atoms with Crippen LogP contribution in [-0.4, -0.2) is 45.2 Å². The van der Waals surface area contributed by atoms with Crippen LogP contribution in [0.2, 0.25) is 0 Å². The van der Waals surface area contributed by atoms with Crippen LogP contribution in [0.3, 0.4) is 0 Å². The van der Waals surface area contributed by atoms with Crippen molar-refractivity contribution in [3.8, 4) is 11.5 Å². The van der Waals surface area contributed by atoms with Gasteiger partial charge in [-0.2, -0.15) is 4.98 Å². The van der Waals surface area contributed by atoms with Crippen molar-refractivity contribution >= 4 is 27.5 Å². The Morgan fingerprint density at radius 1 is 0.938 bits per heavy atom. The molecule has 3 rings (SSSR count). The summed E-state index contributed by atoms with van der Waals surface area (Å²) in [4.78, 5) is 8.96. The highest BCUT2D eigenvalue weighted by atomic mass is 32.2. The molecule has 2 aromatic carbocycles. The third kappa shape index (κ3) is 6.56. The lowest BCUT2D eigenvalue weighted by atomic mass is 10.3. The van der Waals surface area contributed by atoms with Crippen LogP contribution in [-0.2, 0) is 10.0 Å². The first kappa shape index (κ1) is 23.3. The Hall–Kier alpha value is -3.37. The number of benzene rings is 2. The highest BCUT2D eigenvalue weighted by molar-refractivity contribution is 7.89. The van der Waals surface area contributed by atoms with Gasteiger partial charge in [0, 0.05) is 30.5 Å². The Balaban J connectivity index is 1.54. The molecule has 170 valence electrons. The van der Waals surface area contributed by atoms with Crippen LogP contribution in [0.15, 0.2) is 59.5 Å². The molecule has 3 aromatic rings. The van der Waals surface area contributed by atoms with E-state index >= 15 is 0 Å². The number of nitrogens with zero attached hydrogens (tertiary/aromatic N) is 2. The van der Waals surface area contributed by atoms with E-state index < -0.39 is 10.0 Å². The van der Waals surface area contributed by atoms with Gasteiger partial charge in [0.25, 0.3) is 0 Å². The predicted molar refractivity (Wildman–Crippen MR) is 124 cm³/mol. The van der Waals surface area contributed by atoms with Crippen LogP contribution in [0.1, 0.15) is 12.6 Å². The monoisotopic (exact) mass is 457 g/mol. The number of sulfonamides is 1. The Labute approximate surface area is 188 Å². The number of methoxy groups -OCH3 is 1. The molecule has 0 fully saturated rings. The minimum absolute atomic E-state index is 0.175. The number of hydrogen-bond acceptors (Lipinski definition) is 8. The predicted octanol–water partition coefficient (Wildman–Crippen LogP) is 3.33. The van der Waals surface area contributed by atoms with Crippen molar-refractivity contribution in [2.75, 3.05) is 37.4 Å². The fourth-order valence-electron chi connectivity index (χ4n) is 2.86. The molecule has 0 aliphatic rings. The summed E-state index contributed by atoms with van der Waals surface area (Å²) in [5.41, 5.74) is 1.63. The van der Waals surface area contributed by atoms with Crippen LogP contribution in [0.4, 0.5) is 17.5 Å². The maximum absolute atomic E-state index is 12.4. The van der Waals surface area contributed by atoms with Gasteiger partial charge in [-0.15, -0.1) is 0 Å². The summed E-state index contributed by atoms with van der Waals surface area (Å²) in [6.45, 7) is 4.75. The first-order chi connectivity index (χ1) is 15.4. The molecule has 0 unspecified atom stereocenters. The lowest BCUT2D eigenvalue weighted by Crippen LogP contribution is -2.29. The molecule has 0 saturated heterocycles. The minimum Gasteiger partial charge on any atom is -0.497 e. The van der Waals surface area contributed by atoms with E-state index in [-0.39, 0.29) is 11.4 Å². The first-order valence-corrected chi connectivity index (χ1v) is 11.6. The topological polar surface area (TPSA) is 114 Å². The molecule has 0 spiro atoms. The molecule has 9 nitrogen and oxygen atoms in total. The SMILES string of the molecule is CCOc1ccc(S(=O)(=O)NCCNc2nc(C)cc(Nc3ccc(OC)cc3)n2)cc1. The summed E-state index contributed by atoms with van der Waals surface area (Å²) in [6.07, 6.45) is 0. The lowest BCUT2D eigenvalue weighted by Gasteiger charge is -2.11. The van der Waals surface area contributed by atoms with E-state index in [1.54, 1.807) is 19.2 Å². The molecule has 32 heavy (non-hydrogen) atoms. The zero-order valence-electron chi connectivity index (χ0n) is 18.3. The zero-order chi connectivity index (χ0) is 23.0. The van der Waals surface area contributed by atoms with Crippen molar-refractivity contribution < 1.29 is 17.9 Å². The van der Waals surface area contributed by atoms with Gasteiger partial charge in [0.1, 0.15) is 17.3 Å². The molecule has 0 saturated carbocycles. The van der Waals surface area contributed by atoms with E-state index in [4.69, 9.17) is 9.47 Å². The maximum atomic E-state index is 12.4. The molecule has 0 bridgehead atoms. The van der Waals surface area contributed by atoms with Crippen molar-refractivity contribution in [2.24, 2.45) is 0 Å². The fraction of sp³-hybridized carbons (Fsp3) is 0.273. The quantitative estimate of drug-likeness (QED) is 0.376. The Morgan fingerprint density at radius 2 is 1.62 bits per heavy atom. The maximum Gasteiger partial charge on any atom is 0.240 e. The summed E-state index contributed by atoms with van der Waals surface area (Å²) < 4.78 is 37.9. The van der Waals surface area contributed by atoms with Gasteiger partial charge in [-0.3, -0.25) is 0 Å². The normalized spacial score (nSPS) is 11.1. The van der Waals surface area contributed by atoms with Gasteiger partial charge in [0.15, 0.2) is 0 Å². The van der Waals surface area contributed by atoms with Gasteiger partial charge < -0.3 is 20.1 Å². The number of nitrogens with one attached hydrogen (secondary N) is 3. The molecular formula is C22H27N5O4S. The van der Waals surface area contributed by atoms with E-state index in [1.807, 2.05) is 44.2 Å². The highest BCUT2D eigenvalue weighted by Gasteiger charge is 2.13. The molecule has 3 N–H and O–H groups in total. The second-order valence-electron chi connectivity index (χ2n) is 6.80. The number of aryl methyl sites for hydroxylation is 1. The number of anilines is 3. The number of rotatable bonds is 11.